The van der Waals surface area contributed by atoms with Crippen LogP contribution in [-0.4, -0.2) is 28.1 Å². The number of fused-ring (bicyclic) bond motifs is 1. The summed E-state index contributed by atoms with van der Waals surface area (Å²) < 4.78 is 2.68. The number of carbonyl (C=O) groups is 2. The number of amides is 2. The molecule has 0 spiro atoms. The van der Waals surface area contributed by atoms with E-state index in [-0.39, 0.29) is 24.8 Å². The van der Waals surface area contributed by atoms with Gasteiger partial charge in [-0.05, 0) is 37.6 Å². The molecule has 0 aliphatic heterocycles. The number of rotatable bonds is 5. The maximum absolute atomic E-state index is 12.3. The molecule has 3 rings (SSSR count). The average Bonchev–Trinajstić information content (AvgIpc) is 3.13. The molecule has 0 saturated carbocycles. The molecule has 2 aromatic heterocycles. The van der Waals surface area contributed by atoms with Crippen molar-refractivity contribution in [2.75, 3.05) is 11.9 Å². The zero-order chi connectivity index (χ0) is 18.8. The molecule has 26 heavy (non-hydrogen) atoms. The molecule has 2 N–H and O–H groups in total. The van der Waals surface area contributed by atoms with Crippen LogP contribution in [0.15, 0.2) is 28.7 Å². The minimum absolute atomic E-state index is 0.136. The SMILES string of the molecule is Cc1ccc(Br)cc1NC(=O)CCNC(=O)c1cc2c(C)nn(C)c2s1. The van der Waals surface area contributed by atoms with Gasteiger partial charge < -0.3 is 10.6 Å². The van der Waals surface area contributed by atoms with Crippen molar-refractivity contribution < 1.29 is 9.59 Å². The standard InChI is InChI=1S/C18H19BrN4O2S/c1-10-4-5-12(19)8-14(10)21-16(24)6-7-20-17(25)15-9-13-11(2)22-23(3)18(13)26-15/h4-5,8-9H,6-7H2,1-3H3,(H,20,25)(H,21,24). The topological polar surface area (TPSA) is 76.0 Å². The first kappa shape index (κ1) is 18.6. The van der Waals surface area contributed by atoms with Gasteiger partial charge in [-0.15, -0.1) is 11.3 Å². The first-order valence-corrected chi connectivity index (χ1v) is 9.73. The van der Waals surface area contributed by atoms with E-state index in [1.54, 1.807) is 4.68 Å². The van der Waals surface area contributed by atoms with Crippen LogP contribution in [0.4, 0.5) is 5.69 Å². The van der Waals surface area contributed by atoms with Crippen molar-refractivity contribution in [1.82, 2.24) is 15.1 Å². The van der Waals surface area contributed by atoms with E-state index in [0.29, 0.717) is 4.88 Å². The summed E-state index contributed by atoms with van der Waals surface area (Å²) in [5.41, 5.74) is 2.66. The van der Waals surface area contributed by atoms with Crippen LogP contribution in [0, 0.1) is 13.8 Å². The molecule has 0 bridgehead atoms. The molecule has 3 aromatic rings. The monoisotopic (exact) mass is 434 g/mol. The lowest BCUT2D eigenvalue weighted by atomic mass is 10.2. The summed E-state index contributed by atoms with van der Waals surface area (Å²) in [5, 5.41) is 11.0. The van der Waals surface area contributed by atoms with Gasteiger partial charge in [0.05, 0.1) is 10.6 Å². The lowest BCUT2D eigenvalue weighted by Gasteiger charge is -2.09. The fourth-order valence-corrected chi connectivity index (χ4v) is 4.04. The van der Waals surface area contributed by atoms with Crippen LogP contribution in [0.1, 0.15) is 27.3 Å². The van der Waals surface area contributed by atoms with Crippen molar-refractivity contribution in [1.29, 1.82) is 0 Å². The molecule has 0 radical (unpaired) electrons. The van der Waals surface area contributed by atoms with Gasteiger partial charge in [-0.1, -0.05) is 22.0 Å². The predicted octanol–water partition coefficient (Wildman–Crippen LogP) is 3.77. The van der Waals surface area contributed by atoms with E-state index in [1.807, 2.05) is 45.2 Å². The first-order valence-electron chi connectivity index (χ1n) is 8.12. The Morgan fingerprint density at radius 3 is 2.77 bits per heavy atom. The number of anilines is 1. The Labute approximate surface area is 163 Å². The minimum atomic E-state index is -0.169. The van der Waals surface area contributed by atoms with Crippen molar-refractivity contribution in [3.63, 3.8) is 0 Å². The molecule has 0 fully saturated rings. The number of halogens is 1. The molecular weight excluding hydrogens is 416 g/mol. The third-order valence-electron chi connectivity index (χ3n) is 4.03. The Kier molecular flexibility index (Phi) is 5.43. The highest BCUT2D eigenvalue weighted by atomic mass is 79.9. The normalized spacial score (nSPS) is 10.9. The van der Waals surface area contributed by atoms with Gasteiger partial charge in [0.2, 0.25) is 5.91 Å². The predicted molar refractivity (Wildman–Crippen MR) is 108 cm³/mol. The molecule has 2 amide bonds. The van der Waals surface area contributed by atoms with Crippen LogP contribution < -0.4 is 10.6 Å². The molecule has 136 valence electrons. The number of aromatic nitrogens is 2. The second-order valence-corrected chi connectivity index (χ2v) is 8.00. The van der Waals surface area contributed by atoms with E-state index in [1.165, 1.54) is 11.3 Å². The van der Waals surface area contributed by atoms with Gasteiger partial charge >= 0.3 is 0 Å². The summed E-state index contributed by atoms with van der Waals surface area (Å²) in [6.07, 6.45) is 0.211. The third kappa shape index (κ3) is 3.96. The van der Waals surface area contributed by atoms with Crippen molar-refractivity contribution >= 4 is 55.0 Å². The number of thiophene rings is 1. The number of carbonyl (C=O) groups excluding carboxylic acids is 2. The first-order chi connectivity index (χ1) is 12.3. The molecule has 0 aliphatic rings. The Morgan fingerprint density at radius 2 is 2.04 bits per heavy atom. The number of nitrogens with one attached hydrogen (secondary N) is 2. The number of hydrogen-bond acceptors (Lipinski definition) is 4. The molecule has 0 unspecified atom stereocenters. The van der Waals surface area contributed by atoms with Crippen molar-refractivity contribution in [2.45, 2.75) is 20.3 Å². The van der Waals surface area contributed by atoms with Crippen molar-refractivity contribution in [2.24, 2.45) is 7.05 Å². The minimum Gasteiger partial charge on any atom is -0.351 e. The molecule has 6 nitrogen and oxygen atoms in total. The van der Waals surface area contributed by atoms with Crippen LogP contribution >= 0.6 is 27.3 Å². The quantitative estimate of drug-likeness (QED) is 0.641. The van der Waals surface area contributed by atoms with E-state index < -0.39 is 0 Å². The van der Waals surface area contributed by atoms with Gasteiger partial charge in [0.25, 0.3) is 5.91 Å². The van der Waals surface area contributed by atoms with Crippen LogP contribution in [0.3, 0.4) is 0 Å². The summed E-state index contributed by atoms with van der Waals surface area (Å²) in [6.45, 7) is 4.14. The maximum atomic E-state index is 12.3. The molecule has 8 heteroatoms. The summed E-state index contributed by atoms with van der Waals surface area (Å²) in [5.74, 6) is -0.306. The van der Waals surface area contributed by atoms with Crippen LogP contribution in [-0.2, 0) is 11.8 Å². The second-order valence-electron chi connectivity index (χ2n) is 6.05. The Bertz CT molecular complexity index is 958. The van der Waals surface area contributed by atoms with Crippen molar-refractivity contribution in [3.8, 4) is 0 Å². The Morgan fingerprint density at radius 1 is 1.27 bits per heavy atom. The molecule has 0 saturated heterocycles. The van der Waals surface area contributed by atoms with Crippen molar-refractivity contribution in [3.05, 3.63) is 44.9 Å². The van der Waals surface area contributed by atoms with E-state index >= 15 is 0 Å². The Hall–Kier alpha value is -2.19. The summed E-state index contributed by atoms with van der Waals surface area (Å²) in [6, 6.07) is 7.56. The van der Waals surface area contributed by atoms with E-state index in [2.05, 4.69) is 31.7 Å². The molecular formula is C18H19BrN4O2S. The average molecular weight is 435 g/mol. The molecule has 1 aromatic carbocycles. The van der Waals surface area contributed by atoms with Gasteiger partial charge in [0.15, 0.2) is 0 Å². The summed E-state index contributed by atoms with van der Waals surface area (Å²) in [7, 11) is 1.86. The van der Waals surface area contributed by atoms with Gasteiger partial charge in [-0.3, -0.25) is 14.3 Å². The zero-order valence-electron chi connectivity index (χ0n) is 14.7. The van der Waals surface area contributed by atoms with E-state index in [4.69, 9.17) is 0 Å². The van der Waals surface area contributed by atoms with Crippen LogP contribution in [0.25, 0.3) is 10.2 Å². The molecule has 2 heterocycles. The van der Waals surface area contributed by atoms with Gasteiger partial charge in [0, 0.05) is 35.6 Å². The largest absolute Gasteiger partial charge is 0.351 e. The maximum Gasteiger partial charge on any atom is 0.261 e. The second kappa shape index (κ2) is 7.59. The zero-order valence-corrected chi connectivity index (χ0v) is 17.1. The van der Waals surface area contributed by atoms with Crippen LogP contribution in [0.5, 0.6) is 0 Å². The van der Waals surface area contributed by atoms with E-state index in [9.17, 15) is 9.59 Å². The molecule has 0 aliphatic carbocycles. The highest BCUT2D eigenvalue weighted by molar-refractivity contribution is 9.10. The summed E-state index contributed by atoms with van der Waals surface area (Å²) in [4.78, 5) is 26.0. The summed E-state index contributed by atoms with van der Waals surface area (Å²) >= 11 is 4.79. The highest BCUT2D eigenvalue weighted by Crippen LogP contribution is 2.27. The highest BCUT2D eigenvalue weighted by Gasteiger charge is 2.15. The number of benzene rings is 1. The van der Waals surface area contributed by atoms with Crippen LogP contribution in [0.2, 0.25) is 0 Å². The number of nitrogens with zero attached hydrogens (tertiary/aromatic N) is 2. The van der Waals surface area contributed by atoms with Gasteiger partial charge in [0.1, 0.15) is 4.83 Å². The fraction of sp³-hybridized carbons (Fsp3) is 0.278. The van der Waals surface area contributed by atoms with E-state index in [0.717, 1.165) is 31.6 Å². The smallest absolute Gasteiger partial charge is 0.261 e. The number of hydrogen-bond donors (Lipinski definition) is 2. The lowest BCUT2D eigenvalue weighted by molar-refractivity contribution is -0.116. The lowest BCUT2D eigenvalue weighted by Crippen LogP contribution is -2.27. The third-order valence-corrected chi connectivity index (χ3v) is 5.73. The number of aryl methyl sites for hydroxylation is 3. The van der Waals surface area contributed by atoms with Gasteiger partial charge in [-0.25, -0.2) is 0 Å². The molecule has 0 atom stereocenters. The fourth-order valence-electron chi connectivity index (χ4n) is 2.64. The Balaban J connectivity index is 1.55. The van der Waals surface area contributed by atoms with Gasteiger partial charge in [-0.2, -0.15) is 5.10 Å².